The quantitative estimate of drug-likeness (QED) is 0.200. The number of benzene rings is 2. The van der Waals surface area contributed by atoms with Gasteiger partial charge in [-0.2, -0.15) is 9.78 Å². The average Bonchev–Trinajstić information content (AvgIpc) is 3.27. The third-order valence-corrected chi connectivity index (χ3v) is 5.01. The Morgan fingerprint density at radius 2 is 2.00 bits per heavy atom. The van der Waals surface area contributed by atoms with Gasteiger partial charge in [0.25, 0.3) is 0 Å². The molecule has 35 heavy (non-hydrogen) atoms. The average molecular weight is 478 g/mol. The number of amidine groups is 1. The lowest BCUT2D eigenvalue weighted by molar-refractivity contribution is 0.271. The fourth-order valence-corrected chi connectivity index (χ4v) is 3.37. The van der Waals surface area contributed by atoms with Crippen molar-refractivity contribution in [2.75, 3.05) is 25.7 Å². The molecule has 5 N–H and O–H groups in total. The van der Waals surface area contributed by atoms with Crippen molar-refractivity contribution in [2.24, 2.45) is 5.73 Å². The number of hydrogen-bond donors (Lipinski definition) is 4. The zero-order valence-electron chi connectivity index (χ0n) is 18.7. The normalized spacial score (nSPS) is 11.6. The highest BCUT2D eigenvalue weighted by atomic mass is 19.1. The second-order valence-corrected chi connectivity index (χ2v) is 7.36. The molecule has 12 heteroatoms. The second kappa shape index (κ2) is 10.5. The standard InChI is InChI=1S/C23H23FN8O3/c1-34-17-11-15(12-18(13-17)35-10-8-24)20(28-16-6-4-14(5-7-16)21(25)26)22-29-23(33)32(31-22)19-3-2-9-27-30-19/h2-7,9,11-13,20,28H,8,10H2,1H3,(H3,25,26)(H,29,31,33). The van der Waals surface area contributed by atoms with E-state index in [1.807, 2.05) is 0 Å². The van der Waals surface area contributed by atoms with E-state index < -0.39 is 18.4 Å². The number of aromatic nitrogens is 5. The Morgan fingerprint density at radius 3 is 2.66 bits per heavy atom. The van der Waals surface area contributed by atoms with E-state index in [2.05, 4.69) is 25.6 Å². The first kappa shape index (κ1) is 23.4. The minimum atomic E-state index is -0.674. The molecule has 2 heterocycles. The van der Waals surface area contributed by atoms with Crippen LogP contribution in [0, 0.1) is 5.41 Å². The smallest absolute Gasteiger partial charge is 0.349 e. The van der Waals surface area contributed by atoms with Gasteiger partial charge in [0.05, 0.1) is 7.11 Å². The number of rotatable bonds is 10. The van der Waals surface area contributed by atoms with E-state index in [-0.39, 0.29) is 24.1 Å². The van der Waals surface area contributed by atoms with Crippen LogP contribution < -0.4 is 26.2 Å². The largest absolute Gasteiger partial charge is 0.497 e. The molecule has 2 aromatic carbocycles. The molecule has 0 amide bonds. The topological polar surface area (TPSA) is 157 Å². The van der Waals surface area contributed by atoms with E-state index in [4.69, 9.17) is 20.6 Å². The van der Waals surface area contributed by atoms with Crippen molar-refractivity contribution in [1.82, 2.24) is 25.0 Å². The van der Waals surface area contributed by atoms with E-state index in [1.54, 1.807) is 54.6 Å². The van der Waals surface area contributed by atoms with Crippen molar-refractivity contribution >= 4 is 11.5 Å². The first-order chi connectivity index (χ1) is 17.0. The van der Waals surface area contributed by atoms with Crippen LogP contribution in [0.15, 0.2) is 65.6 Å². The summed E-state index contributed by atoms with van der Waals surface area (Å²) in [5.41, 5.74) is 6.92. The minimum absolute atomic E-state index is 0.0532. The zero-order valence-corrected chi connectivity index (χ0v) is 18.7. The lowest BCUT2D eigenvalue weighted by Gasteiger charge is -2.20. The summed E-state index contributed by atoms with van der Waals surface area (Å²) in [5.74, 6) is 1.35. The van der Waals surface area contributed by atoms with Crippen molar-refractivity contribution in [3.8, 4) is 17.3 Å². The maximum Gasteiger partial charge on any atom is 0.349 e. The van der Waals surface area contributed by atoms with Crippen LogP contribution in [0.5, 0.6) is 11.5 Å². The molecule has 11 nitrogen and oxygen atoms in total. The maximum atomic E-state index is 12.7. The molecule has 1 unspecified atom stereocenters. The monoisotopic (exact) mass is 478 g/mol. The van der Waals surface area contributed by atoms with E-state index in [0.29, 0.717) is 28.3 Å². The number of H-pyrrole nitrogens is 1. The number of aromatic amines is 1. The van der Waals surface area contributed by atoms with Crippen LogP contribution in [0.2, 0.25) is 0 Å². The Labute approximate surface area is 199 Å². The van der Waals surface area contributed by atoms with Crippen molar-refractivity contribution < 1.29 is 13.9 Å². The number of nitrogens with two attached hydrogens (primary N) is 1. The van der Waals surface area contributed by atoms with Gasteiger partial charge in [0, 0.05) is 23.5 Å². The summed E-state index contributed by atoms with van der Waals surface area (Å²) >= 11 is 0. The van der Waals surface area contributed by atoms with E-state index in [9.17, 15) is 9.18 Å². The highest BCUT2D eigenvalue weighted by molar-refractivity contribution is 5.95. The number of hydrogen-bond acceptors (Lipinski definition) is 8. The molecule has 0 bridgehead atoms. The molecule has 0 spiro atoms. The number of ether oxygens (including phenoxy) is 2. The van der Waals surface area contributed by atoms with E-state index in [1.165, 1.54) is 13.3 Å². The fourth-order valence-electron chi connectivity index (χ4n) is 3.37. The van der Waals surface area contributed by atoms with Gasteiger partial charge < -0.3 is 20.5 Å². The summed E-state index contributed by atoms with van der Waals surface area (Å²) < 4.78 is 24.7. The van der Waals surface area contributed by atoms with Crippen molar-refractivity contribution in [3.63, 3.8) is 0 Å². The molecule has 0 aliphatic carbocycles. The molecule has 4 rings (SSSR count). The summed E-state index contributed by atoms with van der Waals surface area (Å²) in [6, 6.07) is 14.6. The Balaban J connectivity index is 1.79. The Morgan fingerprint density at radius 1 is 1.23 bits per heavy atom. The summed E-state index contributed by atoms with van der Waals surface area (Å²) in [6.45, 7) is -0.762. The SMILES string of the molecule is COc1cc(OCCF)cc(C(Nc2ccc(C(=N)N)cc2)c2nn(-c3cccnn3)c(=O)[nH]2)c1. The molecular formula is C23H23FN8O3. The third-order valence-electron chi connectivity index (χ3n) is 5.01. The highest BCUT2D eigenvalue weighted by Crippen LogP contribution is 2.31. The molecule has 1 atom stereocenters. The van der Waals surface area contributed by atoms with Crippen LogP contribution in [0.25, 0.3) is 5.82 Å². The van der Waals surface area contributed by atoms with Crippen LogP contribution in [0.4, 0.5) is 10.1 Å². The number of nitrogen functional groups attached to an aromatic ring is 1. The number of nitrogens with one attached hydrogen (secondary N) is 3. The van der Waals surface area contributed by atoms with Gasteiger partial charge >= 0.3 is 5.69 Å². The Kier molecular flexibility index (Phi) is 7.00. The highest BCUT2D eigenvalue weighted by Gasteiger charge is 2.22. The van der Waals surface area contributed by atoms with Gasteiger partial charge in [-0.1, -0.05) is 0 Å². The lowest BCUT2D eigenvalue weighted by atomic mass is 10.0. The van der Waals surface area contributed by atoms with Crippen molar-refractivity contribution in [3.05, 3.63) is 88.2 Å². The number of halogens is 1. The van der Waals surface area contributed by atoms with Crippen LogP contribution in [-0.2, 0) is 0 Å². The predicted molar refractivity (Wildman–Crippen MR) is 127 cm³/mol. The van der Waals surface area contributed by atoms with Crippen LogP contribution >= 0.6 is 0 Å². The molecular weight excluding hydrogens is 455 g/mol. The fraction of sp³-hybridized carbons (Fsp3) is 0.174. The molecule has 0 aliphatic heterocycles. The number of methoxy groups -OCH3 is 1. The van der Waals surface area contributed by atoms with Gasteiger partial charge in [0.15, 0.2) is 11.6 Å². The Bertz CT molecular complexity index is 1360. The van der Waals surface area contributed by atoms with Gasteiger partial charge in [-0.15, -0.1) is 10.2 Å². The zero-order chi connectivity index (χ0) is 24.8. The summed E-state index contributed by atoms with van der Waals surface area (Å²) in [7, 11) is 1.51. The van der Waals surface area contributed by atoms with Crippen molar-refractivity contribution in [2.45, 2.75) is 6.04 Å². The molecule has 4 aromatic rings. The molecule has 180 valence electrons. The first-order valence-electron chi connectivity index (χ1n) is 10.5. The first-order valence-corrected chi connectivity index (χ1v) is 10.5. The van der Waals surface area contributed by atoms with E-state index >= 15 is 0 Å². The van der Waals surface area contributed by atoms with Gasteiger partial charge in [-0.05, 0) is 54.1 Å². The predicted octanol–water partition coefficient (Wildman–Crippen LogP) is 2.19. The molecule has 2 aromatic heterocycles. The molecule has 0 saturated heterocycles. The second-order valence-electron chi connectivity index (χ2n) is 7.36. The molecule has 0 aliphatic rings. The molecule has 0 saturated carbocycles. The summed E-state index contributed by atoms with van der Waals surface area (Å²) in [4.78, 5) is 15.5. The lowest BCUT2D eigenvalue weighted by Crippen LogP contribution is -2.17. The van der Waals surface area contributed by atoms with Gasteiger partial charge in [-0.3, -0.25) is 10.4 Å². The molecule has 0 fully saturated rings. The molecule has 0 radical (unpaired) electrons. The number of nitrogens with zero attached hydrogens (tertiary/aromatic N) is 4. The summed E-state index contributed by atoms with van der Waals surface area (Å²) in [5, 5.41) is 23.1. The van der Waals surface area contributed by atoms with Gasteiger partial charge in [0.1, 0.15) is 36.7 Å². The van der Waals surface area contributed by atoms with Crippen molar-refractivity contribution in [1.29, 1.82) is 5.41 Å². The third kappa shape index (κ3) is 5.43. The maximum absolute atomic E-state index is 12.7. The Hall–Kier alpha value is -4.74. The van der Waals surface area contributed by atoms with Crippen LogP contribution in [0.1, 0.15) is 23.0 Å². The van der Waals surface area contributed by atoms with Gasteiger partial charge in [-0.25, -0.2) is 9.18 Å². The van der Waals surface area contributed by atoms with Crippen LogP contribution in [0.3, 0.4) is 0 Å². The number of alkyl halides is 1. The minimum Gasteiger partial charge on any atom is -0.497 e. The van der Waals surface area contributed by atoms with E-state index in [0.717, 1.165) is 4.68 Å². The van der Waals surface area contributed by atoms with Gasteiger partial charge in [0.2, 0.25) is 0 Å². The van der Waals surface area contributed by atoms with Crippen LogP contribution in [-0.4, -0.2) is 51.2 Å². The summed E-state index contributed by atoms with van der Waals surface area (Å²) in [6.07, 6.45) is 1.49. The number of anilines is 1.